The van der Waals surface area contributed by atoms with Gasteiger partial charge in [0.05, 0.1) is 0 Å². The van der Waals surface area contributed by atoms with Gasteiger partial charge in [0, 0.05) is 0 Å². The van der Waals surface area contributed by atoms with Crippen LogP contribution in [0.3, 0.4) is 0 Å². The molecule has 0 unspecified atom stereocenters. The topological polar surface area (TPSA) is 0 Å². The molecule has 76 valence electrons. The van der Waals surface area contributed by atoms with Gasteiger partial charge in [-0.2, -0.15) is 0 Å². The minimum absolute atomic E-state index is 0.195. The molecular formula is H3B24-. The van der Waals surface area contributed by atoms with Crippen LogP contribution in [-0.4, -0.2) is 171 Å². The molecule has 0 N–H and O–H groups in total. The van der Waals surface area contributed by atoms with Crippen molar-refractivity contribution in [3.05, 3.63) is 0 Å². The summed E-state index contributed by atoms with van der Waals surface area (Å²) < 4.78 is 0. The summed E-state index contributed by atoms with van der Waals surface area (Å²) >= 11 is 0. The molecular weight excluding hydrogens is 259 g/mol. The van der Waals surface area contributed by atoms with Crippen LogP contribution in [0.1, 0.15) is 0 Å². The lowest BCUT2D eigenvalue weighted by atomic mass is 8.35. The summed E-state index contributed by atoms with van der Waals surface area (Å²) in [6.07, 6.45) is -7.64. The van der Waals surface area contributed by atoms with Crippen LogP contribution in [0.25, 0.3) is 0 Å². The highest BCUT2D eigenvalue weighted by molar-refractivity contribution is 8.23. The molecule has 0 amide bonds. The third-order valence-corrected chi connectivity index (χ3v) is 4.22. The first kappa shape index (κ1) is 25.6. The fraction of sp³-hybridized carbons (Fsp3) is 0. The zero-order chi connectivity index (χ0) is 19.4. The first-order valence-electron chi connectivity index (χ1n) is 7.33. The number of hydrogen-bond acceptors (Lipinski definition) is 0. The maximum atomic E-state index is 6.29. The van der Waals surface area contributed by atoms with Gasteiger partial charge in [0.15, 0.2) is 0 Å². The molecule has 0 aliphatic rings. The molecule has 24 heteroatoms. The summed E-state index contributed by atoms with van der Waals surface area (Å²) in [5.74, 6) is 0. The maximum Gasteiger partial charge on any atom is -0.0000000000470 e. The Labute approximate surface area is 170 Å². The molecule has 24 heavy (non-hydrogen) atoms. The van der Waals surface area contributed by atoms with Gasteiger partial charge in [-0.15, -0.1) is 6.39 Å². The van der Waals surface area contributed by atoms with Crippen LogP contribution in [0.4, 0.5) is 0 Å². The lowest BCUT2D eigenvalue weighted by Gasteiger charge is -2.47. The first-order chi connectivity index (χ1) is 10.8. The second-order valence-electron chi connectivity index (χ2n) is 5.97. The van der Waals surface area contributed by atoms with Gasteiger partial charge in [-0.25, -0.2) is 0 Å². The van der Waals surface area contributed by atoms with Crippen molar-refractivity contribution in [3.8, 4) is 0 Å². The largest absolute Gasteiger partial charge is 0.128 e. The highest BCUT2D eigenvalue weighted by Crippen LogP contribution is 2.09. The lowest BCUT2D eigenvalue weighted by molar-refractivity contribution is 3.29. The molecule has 0 aliphatic carbocycles. The highest BCUT2D eigenvalue weighted by atomic mass is 13.3. The van der Waals surface area contributed by atoms with Gasteiger partial charge in [-0.05, 0) is 157 Å². The Morgan fingerprint density at radius 3 is 0.792 bits per heavy atom. The van der Waals surface area contributed by atoms with Gasteiger partial charge in [-0.3, -0.25) is 0 Å². The summed E-state index contributed by atoms with van der Waals surface area (Å²) in [7, 11) is 71.3. The minimum atomic E-state index is -0.899. The predicted molar refractivity (Wildman–Crippen MR) is 142 cm³/mol. The molecule has 0 fully saturated rings. The van der Waals surface area contributed by atoms with E-state index in [9.17, 15) is 0 Å². The Bertz CT molecular complexity index is 285. The van der Waals surface area contributed by atoms with Gasteiger partial charge in [-0.1, -0.05) is 7.74 Å². The van der Waals surface area contributed by atoms with Crippen molar-refractivity contribution >= 4 is 171 Å². The third-order valence-electron chi connectivity index (χ3n) is 4.22. The van der Waals surface area contributed by atoms with E-state index in [1.54, 1.807) is 0 Å². The fourth-order valence-corrected chi connectivity index (χ4v) is 3.21. The molecule has 0 aliphatic heterocycles. The van der Waals surface area contributed by atoms with E-state index < -0.39 is 63.9 Å². The lowest BCUT2D eigenvalue weighted by Crippen LogP contribution is -2.84. The molecule has 0 atom stereocenters. The Balaban J connectivity index is 6.24. The van der Waals surface area contributed by atoms with E-state index in [4.69, 9.17) is 92.8 Å². The monoisotopic (exact) mass is 267 g/mol. The van der Waals surface area contributed by atoms with Crippen LogP contribution >= 0.6 is 0 Å². The van der Waals surface area contributed by atoms with Gasteiger partial charge in [0.25, 0.3) is 0 Å². The second kappa shape index (κ2) is 11.4. The second-order valence-corrected chi connectivity index (χ2v) is 5.97. The van der Waals surface area contributed by atoms with Crippen molar-refractivity contribution in [2.24, 2.45) is 0 Å². The Morgan fingerprint density at radius 1 is 0.375 bits per heavy atom. The van der Waals surface area contributed by atoms with E-state index in [-0.39, 0.29) is 14.1 Å². The molecule has 0 nitrogen and oxygen atoms in total. The number of rotatable bonds is 10. The van der Waals surface area contributed by atoms with Crippen molar-refractivity contribution < 1.29 is 0 Å². The zero-order valence-corrected chi connectivity index (χ0v) is 13.3. The van der Waals surface area contributed by atoms with E-state index in [1.165, 1.54) is 0 Å². The van der Waals surface area contributed by atoms with Crippen LogP contribution in [0.2, 0.25) is 0 Å². The van der Waals surface area contributed by atoms with E-state index >= 15 is 0 Å². The van der Waals surface area contributed by atoms with Crippen LogP contribution in [0, 0.1) is 0 Å². The summed E-state index contributed by atoms with van der Waals surface area (Å²) in [4.78, 5) is 0. The van der Waals surface area contributed by atoms with Gasteiger partial charge in [0.2, 0.25) is 0 Å². The van der Waals surface area contributed by atoms with Crippen molar-refractivity contribution in [2.45, 2.75) is 0 Å². The minimum Gasteiger partial charge on any atom is -0.128 e. The Hall–Kier alpha value is 1.56. The van der Waals surface area contributed by atoms with Crippen LogP contribution in [-0.2, 0) is 0 Å². The first-order valence-corrected chi connectivity index (χ1v) is 7.33. The van der Waals surface area contributed by atoms with E-state index in [1.807, 2.05) is 0 Å². The normalized spacial score (nSPS) is 9.38. The smallest absolute Gasteiger partial charge is 0.0000000000470 e. The summed E-state index contributed by atoms with van der Waals surface area (Å²) in [5, 5.41) is 0. The van der Waals surface area contributed by atoms with Crippen molar-refractivity contribution in [3.63, 3.8) is 0 Å². The van der Waals surface area contributed by atoms with Crippen LogP contribution in [0.5, 0.6) is 0 Å². The third kappa shape index (κ3) is 6.94. The predicted octanol–water partition coefficient (Wildman–Crippen LogP) is -9.94. The Kier molecular flexibility index (Phi) is 12.2. The van der Waals surface area contributed by atoms with Gasteiger partial charge >= 0.3 is 0 Å². The molecule has 0 aromatic heterocycles. The molecule has 0 spiro atoms. The molecule has 0 aromatic carbocycles. The van der Waals surface area contributed by atoms with Crippen LogP contribution < -0.4 is 0 Å². The molecule has 0 saturated heterocycles. The molecule has 0 bridgehead atoms. The molecule has 24 radical (unpaired) electrons. The van der Waals surface area contributed by atoms with E-state index in [0.717, 1.165) is 0 Å². The van der Waals surface area contributed by atoms with Crippen molar-refractivity contribution in [2.75, 3.05) is 0 Å². The van der Waals surface area contributed by atoms with Crippen LogP contribution in [0.15, 0.2) is 0 Å². The van der Waals surface area contributed by atoms with Gasteiger partial charge < -0.3 is 0 Å². The molecule has 0 saturated carbocycles. The SMILES string of the molecule is [B]B([B])B(B([B])[B])B(B(B([B])[B])B([B])[B])B(B([B])[B])B([B])B([B])[BH3-]. The summed E-state index contributed by atoms with van der Waals surface area (Å²) in [5.41, 5.74) is 0. The Morgan fingerprint density at radius 2 is 0.625 bits per heavy atom. The highest BCUT2D eigenvalue weighted by Gasteiger charge is 2.47. The van der Waals surface area contributed by atoms with E-state index in [0.29, 0.717) is 0 Å². The van der Waals surface area contributed by atoms with Crippen molar-refractivity contribution in [1.82, 2.24) is 0 Å². The summed E-state index contributed by atoms with van der Waals surface area (Å²) in [6.45, 7) is 0. The number of hydrogen-bond donors (Lipinski definition) is 0. The quantitative estimate of drug-likeness (QED) is 0.343. The van der Waals surface area contributed by atoms with Crippen molar-refractivity contribution in [1.29, 1.82) is 0 Å². The molecule has 0 aromatic rings. The maximum absolute atomic E-state index is 6.29. The fourth-order valence-electron chi connectivity index (χ4n) is 3.21. The zero-order valence-electron chi connectivity index (χ0n) is 13.3. The average molecular weight is 263 g/mol. The summed E-state index contributed by atoms with van der Waals surface area (Å²) in [6, 6.07) is 0. The molecule has 0 heterocycles. The van der Waals surface area contributed by atoms with E-state index in [2.05, 4.69) is 0 Å². The van der Waals surface area contributed by atoms with Gasteiger partial charge in [0.1, 0.15) is 0 Å². The standard InChI is InChI=1S/B24H3/c1-14(2)20(13)23(19(11)12)24(21(15(3)4)16(5)6)22(17(7)8)18(9)10/h1H3/q-1. The average Bonchev–Trinajstić information content (AvgIpc) is 2.35. The molecule has 0 rings (SSSR count).